The minimum atomic E-state index is -3.72. The maximum absolute atomic E-state index is 12.7. The first kappa shape index (κ1) is 18.6. The topological polar surface area (TPSA) is 96.3 Å². The number of rotatable bonds is 5. The largest absolute Gasteiger partial charge is 0.333 e. The molecule has 0 radical (unpaired) electrons. The van der Waals surface area contributed by atoms with Gasteiger partial charge in [0.05, 0.1) is 11.1 Å². The van der Waals surface area contributed by atoms with E-state index in [0.29, 0.717) is 12.1 Å². The molecule has 2 heterocycles. The molecule has 2 N–H and O–H groups in total. The Bertz CT molecular complexity index is 893. The van der Waals surface area contributed by atoms with E-state index >= 15 is 0 Å². The van der Waals surface area contributed by atoms with Gasteiger partial charge in [-0.25, -0.2) is 13.1 Å². The van der Waals surface area contributed by atoms with Crippen molar-refractivity contribution in [3.63, 3.8) is 0 Å². The number of nitrogens with zero attached hydrogens (tertiary/aromatic N) is 3. The predicted octanol–water partition coefficient (Wildman–Crippen LogP) is 0.333. The van der Waals surface area contributed by atoms with Crippen LogP contribution in [0.3, 0.4) is 0 Å². The summed E-state index contributed by atoms with van der Waals surface area (Å²) in [6.07, 6.45) is 3.35. The molecule has 1 amide bonds. The second-order valence-electron chi connectivity index (χ2n) is 6.43. The Morgan fingerprint density at radius 2 is 2.23 bits per heavy atom. The summed E-state index contributed by atoms with van der Waals surface area (Å²) in [5, 5.41) is 7.25. The van der Waals surface area contributed by atoms with E-state index in [1.807, 2.05) is 6.92 Å². The van der Waals surface area contributed by atoms with Gasteiger partial charge >= 0.3 is 0 Å². The molecule has 0 saturated carbocycles. The zero-order valence-corrected chi connectivity index (χ0v) is 15.7. The van der Waals surface area contributed by atoms with Gasteiger partial charge in [-0.1, -0.05) is 6.07 Å². The lowest BCUT2D eigenvalue weighted by molar-refractivity contribution is 0.0655. The second kappa shape index (κ2) is 7.56. The Balaban J connectivity index is 1.76. The highest BCUT2D eigenvalue weighted by atomic mass is 32.2. The second-order valence-corrected chi connectivity index (χ2v) is 8.19. The van der Waals surface area contributed by atoms with Crippen LogP contribution in [0.2, 0.25) is 0 Å². The Kier molecular flexibility index (Phi) is 5.40. The molecule has 0 bridgehead atoms. The van der Waals surface area contributed by atoms with Crippen LogP contribution in [-0.2, 0) is 23.6 Å². The third-order valence-electron chi connectivity index (χ3n) is 4.38. The highest BCUT2D eigenvalue weighted by molar-refractivity contribution is 7.89. The fourth-order valence-electron chi connectivity index (χ4n) is 2.93. The molecule has 0 spiro atoms. The molecule has 1 aliphatic rings. The summed E-state index contributed by atoms with van der Waals surface area (Å²) in [7, 11) is -1.95. The third kappa shape index (κ3) is 4.12. The number of aryl methyl sites for hydroxylation is 1. The van der Waals surface area contributed by atoms with Crippen LogP contribution >= 0.6 is 0 Å². The molecule has 1 aromatic carbocycles. The fraction of sp³-hybridized carbons (Fsp3) is 0.412. The molecule has 2 aromatic rings. The molecule has 26 heavy (non-hydrogen) atoms. The van der Waals surface area contributed by atoms with E-state index in [9.17, 15) is 13.2 Å². The number of piperazine rings is 1. The summed E-state index contributed by atoms with van der Waals surface area (Å²) in [6, 6.07) is 6.24. The van der Waals surface area contributed by atoms with Crippen LogP contribution in [0.5, 0.6) is 0 Å². The van der Waals surface area contributed by atoms with E-state index in [2.05, 4.69) is 15.1 Å². The number of benzene rings is 1. The standard InChI is InChI=1S/C17H23N5O3S/c1-13-9-18-6-7-22(13)17(23)15-4-3-5-16(8-15)26(24,25)20-11-14-10-19-21(2)12-14/h3-5,8,10,12-13,18,20H,6-7,9,11H2,1-2H3/t13-/m1/s1. The number of carbonyl (C=O) groups is 1. The van der Waals surface area contributed by atoms with Crippen LogP contribution in [-0.4, -0.2) is 54.7 Å². The number of nitrogens with one attached hydrogen (secondary N) is 2. The number of hydrogen-bond donors (Lipinski definition) is 2. The van der Waals surface area contributed by atoms with E-state index in [-0.39, 0.29) is 23.4 Å². The van der Waals surface area contributed by atoms with Crippen molar-refractivity contribution >= 4 is 15.9 Å². The lowest BCUT2D eigenvalue weighted by Gasteiger charge is -2.34. The van der Waals surface area contributed by atoms with E-state index in [4.69, 9.17) is 0 Å². The van der Waals surface area contributed by atoms with Crippen molar-refractivity contribution in [2.24, 2.45) is 7.05 Å². The lowest BCUT2D eigenvalue weighted by Crippen LogP contribution is -2.52. The SMILES string of the molecule is C[C@@H]1CNCCN1C(=O)c1cccc(S(=O)(=O)NCc2cnn(C)c2)c1. The number of hydrogen-bond acceptors (Lipinski definition) is 5. The third-order valence-corrected chi connectivity index (χ3v) is 5.78. The summed E-state index contributed by atoms with van der Waals surface area (Å²) in [6.45, 7) is 4.19. The van der Waals surface area contributed by atoms with Gasteiger partial charge in [-0.3, -0.25) is 9.48 Å². The van der Waals surface area contributed by atoms with Gasteiger partial charge < -0.3 is 10.2 Å². The molecule has 1 aliphatic heterocycles. The van der Waals surface area contributed by atoms with Crippen molar-refractivity contribution in [1.82, 2.24) is 24.7 Å². The van der Waals surface area contributed by atoms with Crippen LogP contribution in [0.4, 0.5) is 0 Å². The minimum absolute atomic E-state index is 0.0696. The molecule has 140 valence electrons. The van der Waals surface area contributed by atoms with Crippen molar-refractivity contribution < 1.29 is 13.2 Å². The van der Waals surface area contributed by atoms with Crippen molar-refractivity contribution in [1.29, 1.82) is 0 Å². The number of amides is 1. The molecule has 1 fully saturated rings. The van der Waals surface area contributed by atoms with Gasteiger partial charge in [0.25, 0.3) is 5.91 Å². The van der Waals surface area contributed by atoms with Crippen LogP contribution in [0.25, 0.3) is 0 Å². The van der Waals surface area contributed by atoms with Crippen molar-refractivity contribution in [2.45, 2.75) is 24.4 Å². The molecule has 0 aliphatic carbocycles. The Morgan fingerprint density at radius 3 is 2.92 bits per heavy atom. The summed E-state index contributed by atoms with van der Waals surface area (Å²) < 4.78 is 29.3. The van der Waals surface area contributed by atoms with Gasteiger partial charge in [-0.15, -0.1) is 0 Å². The van der Waals surface area contributed by atoms with E-state index in [1.54, 1.807) is 41.2 Å². The fourth-order valence-corrected chi connectivity index (χ4v) is 3.99. The summed E-state index contributed by atoms with van der Waals surface area (Å²) in [5.74, 6) is -0.150. The molecule has 9 heteroatoms. The van der Waals surface area contributed by atoms with E-state index in [0.717, 1.165) is 18.7 Å². The molecule has 1 saturated heterocycles. The Morgan fingerprint density at radius 1 is 1.42 bits per heavy atom. The maximum atomic E-state index is 12.7. The molecular formula is C17H23N5O3S. The monoisotopic (exact) mass is 377 g/mol. The average molecular weight is 377 g/mol. The molecule has 1 atom stereocenters. The van der Waals surface area contributed by atoms with Crippen molar-refractivity contribution in [3.05, 3.63) is 47.8 Å². The van der Waals surface area contributed by atoms with Gasteiger partial charge in [-0.05, 0) is 25.1 Å². The van der Waals surface area contributed by atoms with E-state index in [1.165, 1.54) is 12.1 Å². The predicted molar refractivity (Wildman–Crippen MR) is 97.0 cm³/mol. The molecule has 8 nitrogen and oxygen atoms in total. The molecular weight excluding hydrogens is 354 g/mol. The average Bonchev–Trinajstić information content (AvgIpc) is 3.05. The number of aromatic nitrogens is 2. The highest BCUT2D eigenvalue weighted by Crippen LogP contribution is 2.16. The zero-order valence-electron chi connectivity index (χ0n) is 14.8. The van der Waals surface area contributed by atoms with Crippen molar-refractivity contribution in [2.75, 3.05) is 19.6 Å². The van der Waals surface area contributed by atoms with Crippen molar-refractivity contribution in [3.8, 4) is 0 Å². The summed E-state index contributed by atoms with van der Waals surface area (Å²) in [4.78, 5) is 14.6. The van der Waals surface area contributed by atoms with Gasteiger partial charge in [0.1, 0.15) is 0 Å². The van der Waals surface area contributed by atoms with Gasteiger partial charge in [0, 0.05) is 56.6 Å². The minimum Gasteiger partial charge on any atom is -0.333 e. The lowest BCUT2D eigenvalue weighted by atomic mass is 10.1. The van der Waals surface area contributed by atoms with Gasteiger partial charge in [-0.2, -0.15) is 5.10 Å². The highest BCUT2D eigenvalue weighted by Gasteiger charge is 2.25. The molecule has 3 rings (SSSR count). The number of carbonyl (C=O) groups excluding carboxylic acids is 1. The van der Waals surface area contributed by atoms with Crippen LogP contribution in [0.1, 0.15) is 22.8 Å². The van der Waals surface area contributed by atoms with Crippen LogP contribution in [0.15, 0.2) is 41.6 Å². The quantitative estimate of drug-likeness (QED) is 0.783. The maximum Gasteiger partial charge on any atom is 0.254 e. The molecule has 1 aromatic heterocycles. The van der Waals surface area contributed by atoms with Crippen LogP contribution < -0.4 is 10.0 Å². The Hall–Kier alpha value is -2.23. The van der Waals surface area contributed by atoms with Crippen LogP contribution in [0, 0.1) is 0 Å². The van der Waals surface area contributed by atoms with Gasteiger partial charge in [0.2, 0.25) is 10.0 Å². The zero-order chi connectivity index (χ0) is 18.7. The first-order valence-corrected chi connectivity index (χ1v) is 9.94. The first-order chi connectivity index (χ1) is 12.4. The first-order valence-electron chi connectivity index (χ1n) is 8.46. The smallest absolute Gasteiger partial charge is 0.254 e. The number of sulfonamides is 1. The van der Waals surface area contributed by atoms with Gasteiger partial charge in [0.15, 0.2) is 0 Å². The summed E-state index contributed by atoms with van der Waals surface area (Å²) >= 11 is 0. The normalized spacial score (nSPS) is 18.1. The summed E-state index contributed by atoms with van der Waals surface area (Å²) in [5.41, 5.74) is 1.14. The van der Waals surface area contributed by atoms with E-state index < -0.39 is 10.0 Å². The Labute approximate surface area is 153 Å². The molecule has 0 unspecified atom stereocenters.